The van der Waals surface area contributed by atoms with Crippen LogP contribution >= 0.6 is 0 Å². The van der Waals surface area contributed by atoms with Crippen LogP contribution in [0.4, 0.5) is 0 Å². The molecule has 0 fully saturated rings. The van der Waals surface area contributed by atoms with Crippen molar-refractivity contribution in [2.24, 2.45) is 0 Å². The molecule has 0 spiro atoms. The lowest BCUT2D eigenvalue weighted by molar-refractivity contribution is 1.23. The lowest BCUT2D eigenvalue weighted by Gasteiger charge is -2.11. The van der Waals surface area contributed by atoms with Gasteiger partial charge in [-0.15, -0.1) is 0 Å². The Labute approximate surface area is 200 Å². The van der Waals surface area contributed by atoms with Crippen LogP contribution in [-0.4, -0.2) is 19.4 Å². The van der Waals surface area contributed by atoms with Crippen LogP contribution in [0.1, 0.15) is 22.3 Å². The average molecular weight is 447 g/mol. The van der Waals surface area contributed by atoms with Gasteiger partial charge in [-0.05, 0) is 87.0 Å². The van der Waals surface area contributed by atoms with Gasteiger partial charge < -0.3 is 0 Å². The largest absolute Gasteiger partial charge is 0.290 e. The molecule has 0 N–H and O–H groups in total. The summed E-state index contributed by atoms with van der Waals surface area (Å²) in [6, 6.07) is 22.4. The monoisotopic (exact) mass is 446 g/mol. The molecule has 0 aliphatic heterocycles. The van der Waals surface area contributed by atoms with E-state index in [9.17, 15) is 0 Å². The first kappa shape index (κ1) is 17.8. The number of fused-ring (bicyclic) bond motifs is 15. The van der Waals surface area contributed by atoms with Crippen LogP contribution in [0.15, 0.2) is 85.5 Å². The third kappa shape index (κ3) is 2.15. The molecule has 4 heterocycles. The molecule has 9 rings (SSSR count). The highest BCUT2D eigenvalue weighted by Gasteiger charge is 2.29. The fourth-order valence-corrected chi connectivity index (χ4v) is 6.52. The second-order valence-corrected chi connectivity index (χ2v) is 9.72. The Bertz CT molecular complexity index is 2070. The first-order chi connectivity index (χ1) is 17.3. The van der Waals surface area contributed by atoms with Crippen LogP contribution in [0.5, 0.6) is 0 Å². The summed E-state index contributed by atoms with van der Waals surface area (Å²) in [5, 5.41) is 3.52. The highest BCUT2D eigenvalue weighted by molar-refractivity contribution is 6.15. The SMILES string of the molecule is c1ccc2c(c1)Cc1ccc3c(c1-2)Cc1cc2c4cnccc4n4c5cnccc5nc4c2cc1-3. The van der Waals surface area contributed by atoms with E-state index in [1.807, 2.05) is 30.9 Å². The maximum absolute atomic E-state index is 5.07. The van der Waals surface area contributed by atoms with E-state index in [4.69, 9.17) is 4.98 Å². The Morgan fingerprint density at radius 3 is 2.54 bits per heavy atom. The van der Waals surface area contributed by atoms with E-state index in [0.717, 1.165) is 45.8 Å². The van der Waals surface area contributed by atoms with E-state index in [0.29, 0.717) is 0 Å². The lowest BCUT2D eigenvalue weighted by Crippen LogP contribution is -1.93. The fraction of sp³-hybridized carbons (Fsp3) is 0.0645. The van der Waals surface area contributed by atoms with E-state index < -0.39 is 0 Å². The second-order valence-electron chi connectivity index (χ2n) is 9.72. The van der Waals surface area contributed by atoms with Crippen molar-refractivity contribution in [3.05, 3.63) is 108 Å². The Hall–Kier alpha value is -4.57. The third-order valence-corrected chi connectivity index (χ3v) is 7.99. The summed E-state index contributed by atoms with van der Waals surface area (Å²) in [5.74, 6) is 0. The van der Waals surface area contributed by atoms with Crippen molar-refractivity contribution in [2.75, 3.05) is 0 Å². The summed E-state index contributed by atoms with van der Waals surface area (Å²) in [6.45, 7) is 0. The highest BCUT2D eigenvalue weighted by Crippen LogP contribution is 2.49. The molecule has 162 valence electrons. The summed E-state index contributed by atoms with van der Waals surface area (Å²) in [4.78, 5) is 13.9. The summed E-state index contributed by atoms with van der Waals surface area (Å²) in [6.07, 6.45) is 9.56. The molecule has 0 unspecified atom stereocenters. The van der Waals surface area contributed by atoms with E-state index in [1.165, 1.54) is 49.9 Å². The number of benzene rings is 3. The Kier molecular flexibility index (Phi) is 3.11. The standard InChI is InChI=1S/C31H18N4/c1-2-4-20-17(3-1)11-18-5-6-21-22-14-25-23(12-19(22)13-24(21)30(18)20)26-15-32-10-8-28(26)35-29-16-33-9-7-27(29)34-31(25)35/h1-10,12,14-16H,11,13H2. The first-order valence-corrected chi connectivity index (χ1v) is 12.0. The first-order valence-electron chi connectivity index (χ1n) is 12.0. The average Bonchev–Trinajstić information content (AvgIpc) is 3.58. The van der Waals surface area contributed by atoms with Gasteiger partial charge in [-0.3, -0.25) is 14.4 Å². The number of nitrogens with zero attached hydrogens (tertiary/aromatic N) is 4. The number of aromatic nitrogens is 4. The van der Waals surface area contributed by atoms with Crippen molar-refractivity contribution in [1.82, 2.24) is 19.4 Å². The number of imidazole rings is 1. The van der Waals surface area contributed by atoms with Crippen molar-refractivity contribution < 1.29 is 0 Å². The lowest BCUT2D eigenvalue weighted by atomic mass is 9.95. The minimum atomic E-state index is 0.959. The maximum atomic E-state index is 5.07. The zero-order valence-electron chi connectivity index (χ0n) is 18.8. The summed E-state index contributed by atoms with van der Waals surface area (Å²) in [5.41, 5.74) is 15.4. The Morgan fingerprint density at radius 2 is 1.54 bits per heavy atom. The molecule has 4 aromatic heterocycles. The Morgan fingerprint density at radius 1 is 0.629 bits per heavy atom. The molecule has 2 aliphatic carbocycles. The molecule has 0 atom stereocenters. The molecule has 0 amide bonds. The van der Waals surface area contributed by atoms with E-state index in [1.54, 1.807) is 0 Å². The van der Waals surface area contributed by atoms with Gasteiger partial charge in [0.2, 0.25) is 0 Å². The summed E-state index contributed by atoms with van der Waals surface area (Å²) < 4.78 is 2.24. The van der Waals surface area contributed by atoms with Gasteiger partial charge >= 0.3 is 0 Å². The van der Waals surface area contributed by atoms with Crippen LogP contribution in [0.3, 0.4) is 0 Å². The van der Waals surface area contributed by atoms with Gasteiger partial charge in [-0.1, -0.05) is 36.4 Å². The highest BCUT2D eigenvalue weighted by atomic mass is 15.0. The number of pyridine rings is 3. The minimum absolute atomic E-state index is 0.959. The third-order valence-electron chi connectivity index (χ3n) is 7.99. The molecule has 2 aliphatic rings. The smallest absolute Gasteiger partial charge is 0.146 e. The predicted octanol–water partition coefficient (Wildman–Crippen LogP) is 6.73. The maximum Gasteiger partial charge on any atom is 0.146 e. The molecular weight excluding hydrogens is 428 g/mol. The molecule has 0 saturated carbocycles. The number of hydrogen-bond acceptors (Lipinski definition) is 3. The second kappa shape index (κ2) is 6.10. The van der Waals surface area contributed by atoms with Gasteiger partial charge in [0, 0.05) is 29.4 Å². The quantitative estimate of drug-likeness (QED) is 0.243. The van der Waals surface area contributed by atoms with Gasteiger partial charge in [0.15, 0.2) is 0 Å². The molecule has 4 heteroatoms. The van der Waals surface area contributed by atoms with Crippen molar-refractivity contribution >= 4 is 38.4 Å². The molecule has 35 heavy (non-hydrogen) atoms. The number of rotatable bonds is 0. The molecule has 3 aromatic carbocycles. The predicted molar refractivity (Wildman–Crippen MR) is 140 cm³/mol. The van der Waals surface area contributed by atoms with Crippen molar-refractivity contribution in [3.8, 4) is 22.3 Å². The minimum Gasteiger partial charge on any atom is -0.290 e. The van der Waals surface area contributed by atoms with E-state index in [-0.39, 0.29) is 0 Å². The molecule has 4 nitrogen and oxygen atoms in total. The number of hydrogen-bond donors (Lipinski definition) is 0. The van der Waals surface area contributed by atoms with Gasteiger partial charge in [-0.2, -0.15) is 0 Å². The van der Waals surface area contributed by atoms with Crippen molar-refractivity contribution in [1.29, 1.82) is 0 Å². The fourth-order valence-electron chi connectivity index (χ4n) is 6.52. The summed E-state index contributed by atoms with van der Waals surface area (Å²) >= 11 is 0. The van der Waals surface area contributed by atoms with Crippen LogP contribution in [0.2, 0.25) is 0 Å². The normalized spacial score (nSPS) is 13.5. The zero-order chi connectivity index (χ0) is 22.7. The molecule has 0 radical (unpaired) electrons. The molecular formula is C31H18N4. The van der Waals surface area contributed by atoms with E-state index >= 15 is 0 Å². The van der Waals surface area contributed by atoms with Crippen molar-refractivity contribution in [2.45, 2.75) is 12.8 Å². The van der Waals surface area contributed by atoms with Crippen molar-refractivity contribution in [3.63, 3.8) is 0 Å². The topological polar surface area (TPSA) is 43.1 Å². The van der Waals surface area contributed by atoms with E-state index in [2.05, 4.69) is 69.0 Å². The van der Waals surface area contributed by atoms with Gasteiger partial charge in [0.25, 0.3) is 0 Å². The van der Waals surface area contributed by atoms with Gasteiger partial charge in [-0.25, -0.2) is 4.98 Å². The summed E-state index contributed by atoms with van der Waals surface area (Å²) in [7, 11) is 0. The van der Waals surface area contributed by atoms with Gasteiger partial charge in [0.1, 0.15) is 5.65 Å². The zero-order valence-corrected chi connectivity index (χ0v) is 18.8. The van der Waals surface area contributed by atoms with Crippen LogP contribution < -0.4 is 0 Å². The van der Waals surface area contributed by atoms with Crippen LogP contribution in [0, 0.1) is 0 Å². The van der Waals surface area contributed by atoms with Crippen LogP contribution in [0.25, 0.3) is 60.6 Å². The Balaban J connectivity index is 1.41. The van der Waals surface area contributed by atoms with Crippen LogP contribution in [-0.2, 0) is 12.8 Å². The molecule has 0 saturated heterocycles. The molecule has 7 aromatic rings. The molecule has 0 bridgehead atoms. The van der Waals surface area contributed by atoms with Gasteiger partial charge in [0.05, 0.1) is 22.7 Å².